The van der Waals surface area contributed by atoms with Gasteiger partial charge in [-0.15, -0.1) is 11.3 Å². The molecule has 5 heteroatoms. The number of aryl methyl sites for hydroxylation is 2. The van der Waals surface area contributed by atoms with Crippen LogP contribution in [0.3, 0.4) is 0 Å². The number of benzene rings is 2. The Bertz CT molecular complexity index is 982. The highest BCUT2D eigenvalue weighted by Crippen LogP contribution is 2.18. The Morgan fingerprint density at radius 1 is 0.933 bits per heavy atom. The second kappa shape index (κ2) is 10.7. The number of rotatable bonds is 9. The van der Waals surface area contributed by atoms with Gasteiger partial charge in [-0.3, -0.25) is 9.59 Å². The lowest BCUT2D eigenvalue weighted by atomic mass is 10.1. The maximum absolute atomic E-state index is 12.9. The van der Waals surface area contributed by atoms with Gasteiger partial charge in [0.05, 0.1) is 6.54 Å². The van der Waals surface area contributed by atoms with Gasteiger partial charge in [0.2, 0.25) is 5.91 Å². The van der Waals surface area contributed by atoms with Crippen molar-refractivity contribution in [3.05, 3.63) is 93.2 Å². The maximum Gasteiger partial charge on any atom is 0.251 e. The van der Waals surface area contributed by atoms with Crippen LogP contribution < -0.4 is 5.32 Å². The van der Waals surface area contributed by atoms with Crippen molar-refractivity contribution in [1.29, 1.82) is 0 Å². The summed E-state index contributed by atoms with van der Waals surface area (Å²) < 4.78 is 0. The molecule has 0 radical (unpaired) electrons. The highest BCUT2D eigenvalue weighted by molar-refractivity contribution is 7.11. The molecule has 2 amide bonds. The first-order valence-corrected chi connectivity index (χ1v) is 11.1. The van der Waals surface area contributed by atoms with Crippen LogP contribution in [0.25, 0.3) is 0 Å². The molecule has 0 bridgehead atoms. The zero-order valence-corrected chi connectivity index (χ0v) is 18.4. The molecule has 3 aromatic rings. The van der Waals surface area contributed by atoms with E-state index in [0.717, 1.165) is 12.0 Å². The van der Waals surface area contributed by atoms with Crippen LogP contribution in [0.4, 0.5) is 0 Å². The van der Waals surface area contributed by atoms with E-state index in [-0.39, 0.29) is 18.2 Å². The molecular weight excluding hydrogens is 392 g/mol. The number of thiophene rings is 1. The highest BCUT2D eigenvalue weighted by Gasteiger charge is 2.16. The van der Waals surface area contributed by atoms with Crippen molar-refractivity contribution < 1.29 is 9.59 Å². The van der Waals surface area contributed by atoms with Crippen molar-refractivity contribution in [2.24, 2.45) is 0 Å². The zero-order valence-electron chi connectivity index (χ0n) is 17.6. The van der Waals surface area contributed by atoms with Crippen LogP contribution in [-0.4, -0.2) is 29.8 Å². The Balaban J connectivity index is 1.58. The summed E-state index contributed by atoms with van der Waals surface area (Å²) in [7, 11) is 0. The predicted octanol–water partition coefficient (Wildman–Crippen LogP) is 4.76. The molecule has 0 atom stereocenters. The molecule has 2 aromatic carbocycles. The molecule has 4 nitrogen and oxygen atoms in total. The van der Waals surface area contributed by atoms with Crippen LogP contribution in [0.15, 0.2) is 66.7 Å². The highest BCUT2D eigenvalue weighted by atomic mass is 32.1. The zero-order chi connectivity index (χ0) is 21.3. The fraction of sp³-hybridized carbons (Fsp3) is 0.280. The Hall–Kier alpha value is -2.92. The van der Waals surface area contributed by atoms with Gasteiger partial charge in [-0.05, 0) is 49.6 Å². The molecule has 156 valence electrons. The standard InChI is InChI=1S/C25H28N2O2S/c1-19-8-6-7-11-23(19)25(29)26-16-14-24(28)27(18-22-13-12-20(2)30-22)17-15-21-9-4-3-5-10-21/h3-13H,14-18H2,1-2H3,(H,26,29). The molecule has 0 unspecified atom stereocenters. The summed E-state index contributed by atoms with van der Waals surface area (Å²) in [6, 6.07) is 21.8. The van der Waals surface area contributed by atoms with Gasteiger partial charge in [-0.25, -0.2) is 0 Å². The Labute approximate surface area is 182 Å². The van der Waals surface area contributed by atoms with E-state index in [1.807, 2.05) is 48.2 Å². The molecule has 0 saturated heterocycles. The molecule has 3 rings (SSSR count). The number of nitrogens with one attached hydrogen (secondary N) is 1. The Morgan fingerprint density at radius 3 is 2.37 bits per heavy atom. The average molecular weight is 421 g/mol. The summed E-state index contributed by atoms with van der Waals surface area (Å²) in [4.78, 5) is 29.6. The molecule has 1 N–H and O–H groups in total. The topological polar surface area (TPSA) is 49.4 Å². The van der Waals surface area contributed by atoms with Crippen molar-refractivity contribution in [3.63, 3.8) is 0 Å². The third kappa shape index (κ3) is 6.29. The van der Waals surface area contributed by atoms with E-state index in [9.17, 15) is 9.59 Å². The molecular formula is C25H28N2O2S. The van der Waals surface area contributed by atoms with Crippen LogP contribution in [0.1, 0.15) is 37.7 Å². The third-order valence-corrected chi connectivity index (χ3v) is 6.01. The van der Waals surface area contributed by atoms with Crippen molar-refractivity contribution >= 4 is 23.2 Å². The second-order valence-electron chi connectivity index (χ2n) is 7.38. The van der Waals surface area contributed by atoms with E-state index >= 15 is 0 Å². The lowest BCUT2D eigenvalue weighted by molar-refractivity contribution is -0.131. The lowest BCUT2D eigenvalue weighted by Crippen LogP contribution is -2.35. The van der Waals surface area contributed by atoms with Crippen molar-refractivity contribution in [1.82, 2.24) is 10.2 Å². The van der Waals surface area contributed by atoms with E-state index in [1.54, 1.807) is 17.4 Å². The molecule has 30 heavy (non-hydrogen) atoms. The monoisotopic (exact) mass is 420 g/mol. The number of nitrogens with zero attached hydrogens (tertiary/aromatic N) is 1. The second-order valence-corrected chi connectivity index (χ2v) is 8.76. The van der Waals surface area contributed by atoms with Crippen molar-refractivity contribution in [2.75, 3.05) is 13.1 Å². The van der Waals surface area contributed by atoms with Crippen LogP contribution in [0, 0.1) is 13.8 Å². The summed E-state index contributed by atoms with van der Waals surface area (Å²) >= 11 is 1.72. The maximum atomic E-state index is 12.9. The number of hydrogen-bond acceptors (Lipinski definition) is 3. The van der Waals surface area contributed by atoms with E-state index in [0.29, 0.717) is 25.2 Å². The molecule has 0 aliphatic carbocycles. The van der Waals surface area contributed by atoms with Crippen LogP contribution in [-0.2, 0) is 17.8 Å². The van der Waals surface area contributed by atoms with E-state index in [4.69, 9.17) is 0 Å². The molecule has 1 aromatic heterocycles. The summed E-state index contributed by atoms with van der Waals surface area (Å²) in [5.41, 5.74) is 2.80. The first kappa shape index (κ1) is 21.8. The lowest BCUT2D eigenvalue weighted by Gasteiger charge is -2.22. The van der Waals surface area contributed by atoms with Gasteiger partial charge in [-0.1, -0.05) is 48.5 Å². The number of carbonyl (C=O) groups is 2. The summed E-state index contributed by atoms with van der Waals surface area (Å²) in [5, 5.41) is 2.88. The largest absolute Gasteiger partial charge is 0.352 e. The molecule has 0 saturated carbocycles. The SMILES string of the molecule is Cc1ccc(CN(CCc2ccccc2)C(=O)CCNC(=O)c2ccccc2C)s1. The third-order valence-electron chi connectivity index (χ3n) is 5.02. The van der Waals surface area contributed by atoms with Gasteiger partial charge in [0.15, 0.2) is 0 Å². The first-order chi connectivity index (χ1) is 14.5. The van der Waals surface area contributed by atoms with Crippen LogP contribution in [0.5, 0.6) is 0 Å². The van der Waals surface area contributed by atoms with Crippen LogP contribution >= 0.6 is 11.3 Å². The van der Waals surface area contributed by atoms with Gasteiger partial charge in [0.1, 0.15) is 0 Å². The molecule has 0 aliphatic heterocycles. The number of amides is 2. The van der Waals surface area contributed by atoms with Gasteiger partial charge >= 0.3 is 0 Å². The molecule has 0 spiro atoms. The summed E-state index contributed by atoms with van der Waals surface area (Å²) in [6.07, 6.45) is 1.10. The first-order valence-electron chi connectivity index (χ1n) is 10.2. The van der Waals surface area contributed by atoms with E-state index in [1.165, 1.54) is 15.3 Å². The smallest absolute Gasteiger partial charge is 0.251 e. The van der Waals surface area contributed by atoms with Crippen molar-refractivity contribution in [3.8, 4) is 0 Å². The minimum Gasteiger partial charge on any atom is -0.352 e. The summed E-state index contributed by atoms with van der Waals surface area (Å²) in [6.45, 7) is 5.58. The Morgan fingerprint density at radius 2 is 1.67 bits per heavy atom. The van der Waals surface area contributed by atoms with Gasteiger partial charge in [0, 0.05) is 34.8 Å². The van der Waals surface area contributed by atoms with Gasteiger partial charge < -0.3 is 10.2 Å². The minimum atomic E-state index is -0.134. The fourth-order valence-electron chi connectivity index (χ4n) is 3.32. The minimum absolute atomic E-state index is 0.0575. The molecule has 0 aliphatic rings. The van der Waals surface area contributed by atoms with Gasteiger partial charge in [0.25, 0.3) is 5.91 Å². The van der Waals surface area contributed by atoms with E-state index < -0.39 is 0 Å². The Kier molecular flexibility index (Phi) is 7.80. The fourth-order valence-corrected chi connectivity index (χ4v) is 4.23. The predicted molar refractivity (Wildman–Crippen MR) is 123 cm³/mol. The average Bonchev–Trinajstić information content (AvgIpc) is 3.16. The molecule has 0 fully saturated rings. The normalized spacial score (nSPS) is 10.6. The van der Waals surface area contributed by atoms with E-state index in [2.05, 4.69) is 36.5 Å². The van der Waals surface area contributed by atoms with Crippen LogP contribution in [0.2, 0.25) is 0 Å². The number of carbonyl (C=O) groups excluding carboxylic acids is 2. The molecule has 1 heterocycles. The summed E-state index contributed by atoms with van der Waals surface area (Å²) in [5.74, 6) is -0.0762. The van der Waals surface area contributed by atoms with Crippen molar-refractivity contribution in [2.45, 2.75) is 33.2 Å². The quantitative estimate of drug-likeness (QED) is 0.543. The van der Waals surface area contributed by atoms with Gasteiger partial charge in [-0.2, -0.15) is 0 Å². The number of hydrogen-bond donors (Lipinski definition) is 1.